The fourth-order valence-electron chi connectivity index (χ4n) is 5.39. The summed E-state index contributed by atoms with van der Waals surface area (Å²) in [4.78, 5) is 29.3. The van der Waals surface area contributed by atoms with E-state index in [4.69, 9.17) is 4.74 Å². The molecule has 13 heteroatoms. The molecule has 3 N–H and O–H groups in total. The number of benzene rings is 1. The van der Waals surface area contributed by atoms with Crippen LogP contribution >= 0.6 is 11.3 Å². The number of rotatable bonds is 7. The molecule has 2 aromatic heterocycles. The van der Waals surface area contributed by atoms with Crippen molar-refractivity contribution in [3.05, 3.63) is 30.0 Å². The summed E-state index contributed by atoms with van der Waals surface area (Å²) in [6.07, 6.45) is 2.78. The quantitative estimate of drug-likeness (QED) is 0.378. The number of nitrogens with zero attached hydrogens (tertiary/aromatic N) is 5. The van der Waals surface area contributed by atoms with E-state index in [9.17, 15) is 18.7 Å². The van der Waals surface area contributed by atoms with Gasteiger partial charge in [-0.15, -0.1) is 0 Å². The highest BCUT2D eigenvalue weighted by Crippen LogP contribution is 2.33. The summed E-state index contributed by atoms with van der Waals surface area (Å²) in [6.45, 7) is 1.48. The molecular formula is C26H31F2N7O3S. The summed E-state index contributed by atoms with van der Waals surface area (Å²) in [5.74, 6) is -1.75. The van der Waals surface area contributed by atoms with Crippen molar-refractivity contribution in [2.24, 2.45) is 0 Å². The van der Waals surface area contributed by atoms with Gasteiger partial charge < -0.3 is 20.5 Å². The van der Waals surface area contributed by atoms with Gasteiger partial charge in [-0.25, -0.2) is 23.5 Å². The summed E-state index contributed by atoms with van der Waals surface area (Å²) < 4.78 is 34.0. The smallest absolute Gasteiger partial charge is 0.414 e. The van der Waals surface area contributed by atoms with Crippen LogP contribution in [-0.2, 0) is 11.3 Å². The van der Waals surface area contributed by atoms with Gasteiger partial charge in [-0.1, -0.05) is 11.3 Å². The number of hydrogen-bond donors (Lipinski definition) is 3. The summed E-state index contributed by atoms with van der Waals surface area (Å²) >= 11 is 1.43. The third-order valence-corrected chi connectivity index (χ3v) is 8.28. The number of hydrogen-bond acceptors (Lipinski definition) is 10. The molecule has 6 rings (SSSR count). The summed E-state index contributed by atoms with van der Waals surface area (Å²) in [7, 11) is 0. The Labute approximate surface area is 228 Å². The standard InChI is InChI=1S/C26H31F2N7O3S/c27-26(28)8-1-9-34(15-26)14-17-12-22(32-23(30-17)29-16-2-5-19(36)6-3-16)33-24-31-20-7-4-18(13-21(20)39-24)35-10-11-38-25(35)37/h4,7,12-13,16,19,36H,1-3,5-6,8-11,14-15H2,(H2,29,30,31,32,33). The van der Waals surface area contributed by atoms with E-state index < -0.39 is 5.92 Å². The number of aromatic nitrogens is 3. The Hall–Kier alpha value is -3.16. The Bertz CT molecular complexity index is 1350. The number of anilines is 4. The van der Waals surface area contributed by atoms with Crippen molar-refractivity contribution in [3.8, 4) is 0 Å². The Kier molecular flexibility index (Phi) is 7.21. The lowest BCUT2D eigenvalue weighted by Gasteiger charge is -2.32. The molecule has 0 atom stereocenters. The fraction of sp³-hybridized carbons (Fsp3) is 0.538. The molecule has 3 aromatic rings. The van der Waals surface area contributed by atoms with Gasteiger partial charge in [0.25, 0.3) is 5.92 Å². The lowest BCUT2D eigenvalue weighted by Crippen LogP contribution is -2.42. The van der Waals surface area contributed by atoms with E-state index in [0.717, 1.165) is 28.7 Å². The maximum Gasteiger partial charge on any atom is 0.414 e. The van der Waals surface area contributed by atoms with Gasteiger partial charge >= 0.3 is 6.09 Å². The minimum Gasteiger partial charge on any atom is -0.447 e. The number of aliphatic hydroxyl groups is 1. The van der Waals surface area contributed by atoms with Gasteiger partial charge in [-0.2, -0.15) is 4.98 Å². The number of likely N-dealkylation sites (tertiary alicyclic amines) is 1. The molecule has 1 aliphatic carbocycles. The number of nitrogens with one attached hydrogen (secondary N) is 2. The second-order valence-electron chi connectivity index (χ2n) is 10.5. The van der Waals surface area contributed by atoms with E-state index >= 15 is 0 Å². The van der Waals surface area contributed by atoms with Crippen LogP contribution in [0.4, 0.5) is 36.2 Å². The summed E-state index contributed by atoms with van der Waals surface area (Å²) in [6, 6.07) is 7.54. The van der Waals surface area contributed by atoms with Crippen LogP contribution in [0.5, 0.6) is 0 Å². The number of thiazole rings is 1. The number of carbonyl (C=O) groups is 1. The molecule has 10 nitrogen and oxygen atoms in total. The number of piperidine rings is 1. The number of amides is 1. The van der Waals surface area contributed by atoms with Crippen molar-refractivity contribution in [1.29, 1.82) is 0 Å². The van der Waals surface area contributed by atoms with E-state index in [1.165, 1.54) is 11.3 Å². The molecule has 3 aliphatic rings. The molecule has 0 unspecified atom stereocenters. The maximum atomic E-state index is 14.0. The zero-order chi connectivity index (χ0) is 27.0. The molecule has 39 heavy (non-hydrogen) atoms. The predicted octanol–water partition coefficient (Wildman–Crippen LogP) is 4.73. The first kappa shape index (κ1) is 26.1. The van der Waals surface area contributed by atoms with Gasteiger partial charge in [0.05, 0.1) is 35.1 Å². The van der Waals surface area contributed by atoms with Crippen molar-refractivity contribution < 1.29 is 23.4 Å². The third-order valence-electron chi connectivity index (χ3n) is 7.35. The first-order chi connectivity index (χ1) is 18.8. The largest absolute Gasteiger partial charge is 0.447 e. The Balaban J connectivity index is 1.24. The molecule has 4 heterocycles. The number of alkyl halides is 2. The van der Waals surface area contributed by atoms with E-state index in [2.05, 4.69) is 25.6 Å². The zero-order valence-electron chi connectivity index (χ0n) is 21.4. The number of fused-ring (bicyclic) bond motifs is 1. The topological polar surface area (TPSA) is 116 Å². The van der Waals surface area contributed by atoms with Crippen molar-refractivity contribution in [1.82, 2.24) is 19.9 Å². The molecule has 2 aliphatic heterocycles. The molecule has 0 bridgehead atoms. The molecule has 1 saturated carbocycles. The van der Waals surface area contributed by atoms with Crippen LogP contribution in [-0.4, -0.2) is 75.4 Å². The van der Waals surface area contributed by atoms with Crippen LogP contribution in [0.3, 0.4) is 0 Å². The third kappa shape index (κ3) is 6.20. The summed E-state index contributed by atoms with van der Waals surface area (Å²) in [5.41, 5.74) is 2.18. The Morgan fingerprint density at radius 2 is 1.97 bits per heavy atom. The molecule has 3 fully saturated rings. The van der Waals surface area contributed by atoms with Gasteiger partial charge in [-0.3, -0.25) is 9.80 Å². The van der Waals surface area contributed by atoms with Crippen molar-refractivity contribution in [3.63, 3.8) is 0 Å². The Morgan fingerprint density at radius 1 is 1.13 bits per heavy atom. The van der Waals surface area contributed by atoms with Crippen molar-refractivity contribution >= 4 is 50.2 Å². The monoisotopic (exact) mass is 559 g/mol. The van der Waals surface area contributed by atoms with E-state index in [1.54, 1.807) is 15.9 Å². The normalized spacial score (nSPS) is 23.7. The minimum atomic E-state index is -2.69. The first-order valence-corrected chi connectivity index (χ1v) is 14.2. The number of aliphatic hydroxyl groups excluding tert-OH is 1. The molecule has 0 spiro atoms. The van der Waals surface area contributed by atoms with E-state index in [-0.39, 0.29) is 31.2 Å². The van der Waals surface area contributed by atoms with Crippen molar-refractivity contribution in [2.75, 3.05) is 41.8 Å². The van der Waals surface area contributed by atoms with Crippen LogP contribution in [0.1, 0.15) is 44.2 Å². The molecule has 0 radical (unpaired) electrons. The van der Waals surface area contributed by atoms with Gasteiger partial charge in [0.2, 0.25) is 5.95 Å². The molecular weight excluding hydrogens is 528 g/mol. The average Bonchev–Trinajstić information content (AvgIpc) is 3.49. The minimum absolute atomic E-state index is 0.0846. The predicted molar refractivity (Wildman–Crippen MR) is 145 cm³/mol. The van der Waals surface area contributed by atoms with Crippen LogP contribution in [0.15, 0.2) is 24.3 Å². The van der Waals surface area contributed by atoms with Crippen molar-refractivity contribution in [2.45, 2.75) is 63.1 Å². The average molecular weight is 560 g/mol. The molecule has 1 amide bonds. The van der Waals surface area contributed by atoms with Gasteiger partial charge in [0.1, 0.15) is 12.4 Å². The highest BCUT2D eigenvalue weighted by molar-refractivity contribution is 7.22. The maximum absolute atomic E-state index is 14.0. The second-order valence-corrected chi connectivity index (χ2v) is 11.5. The van der Waals surface area contributed by atoms with Crippen LogP contribution in [0, 0.1) is 0 Å². The van der Waals surface area contributed by atoms with Gasteiger partial charge in [0, 0.05) is 30.8 Å². The zero-order valence-corrected chi connectivity index (χ0v) is 22.2. The fourth-order valence-corrected chi connectivity index (χ4v) is 6.30. The first-order valence-electron chi connectivity index (χ1n) is 13.3. The van der Waals surface area contributed by atoms with Gasteiger partial charge in [0.15, 0.2) is 5.13 Å². The second kappa shape index (κ2) is 10.8. The number of carbonyl (C=O) groups excluding carboxylic acids is 1. The SMILES string of the molecule is O=C1OCCN1c1ccc2nc(Nc3cc(CN4CCCC(F)(F)C4)nc(NC4CCC(O)CC4)n3)sc2c1. The lowest BCUT2D eigenvalue weighted by molar-refractivity contribution is -0.0663. The molecule has 208 valence electrons. The van der Waals surface area contributed by atoms with Crippen LogP contribution < -0.4 is 15.5 Å². The number of halogens is 2. The van der Waals surface area contributed by atoms with Gasteiger partial charge in [-0.05, 0) is 56.8 Å². The highest BCUT2D eigenvalue weighted by Gasteiger charge is 2.35. The number of cyclic esters (lactones) is 1. The molecule has 2 saturated heterocycles. The van der Waals surface area contributed by atoms with Crippen LogP contribution in [0.2, 0.25) is 0 Å². The van der Waals surface area contributed by atoms with E-state index in [1.807, 2.05) is 18.2 Å². The highest BCUT2D eigenvalue weighted by atomic mass is 32.1. The van der Waals surface area contributed by atoms with E-state index in [0.29, 0.717) is 68.1 Å². The van der Waals surface area contributed by atoms with Crippen LogP contribution in [0.25, 0.3) is 10.2 Å². The summed E-state index contributed by atoms with van der Waals surface area (Å²) in [5, 5.41) is 17.1. The lowest BCUT2D eigenvalue weighted by atomic mass is 9.93. The Morgan fingerprint density at radius 3 is 2.74 bits per heavy atom. The molecule has 1 aromatic carbocycles. The number of ether oxygens (including phenoxy) is 1.